The van der Waals surface area contributed by atoms with Gasteiger partial charge >= 0.3 is 0 Å². The lowest BCUT2D eigenvalue weighted by Gasteiger charge is -2.14. The van der Waals surface area contributed by atoms with Gasteiger partial charge < -0.3 is 16.0 Å². The van der Waals surface area contributed by atoms with Crippen LogP contribution in [0, 0.1) is 5.41 Å². The van der Waals surface area contributed by atoms with E-state index in [1.807, 2.05) is 6.92 Å². The Kier molecular flexibility index (Phi) is 5.63. The van der Waals surface area contributed by atoms with Crippen molar-refractivity contribution in [2.24, 2.45) is 0 Å². The van der Waals surface area contributed by atoms with Gasteiger partial charge in [-0.2, -0.15) is 0 Å². The number of carbonyl (C=O) groups excluding carboxylic acids is 1. The van der Waals surface area contributed by atoms with Crippen molar-refractivity contribution in [1.29, 1.82) is 5.41 Å². The fourth-order valence-electron chi connectivity index (χ4n) is 3.25. The first-order valence-electron chi connectivity index (χ1n) is 9.37. The first-order valence-corrected chi connectivity index (χ1v) is 10.1. The average Bonchev–Trinajstić information content (AvgIpc) is 3.15. The highest BCUT2D eigenvalue weighted by Gasteiger charge is 2.18. The fourth-order valence-corrected chi connectivity index (χ4v) is 3.79. The van der Waals surface area contributed by atoms with E-state index in [1.165, 1.54) is 0 Å². The molecule has 1 atom stereocenters. The van der Waals surface area contributed by atoms with E-state index in [4.69, 9.17) is 34.3 Å². The summed E-state index contributed by atoms with van der Waals surface area (Å²) in [7, 11) is 0. The molecular formula is C22H18Cl2N6O. The molecule has 4 aromatic rings. The minimum atomic E-state index is -0.385. The van der Waals surface area contributed by atoms with Crippen LogP contribution in [0.5, 0.6) is 0 Å². The van der Waals surface area contributed by atoms with Crippen LogP contribution in [0.25, 0.3) is 11.0 Å². The van der Waals surface area contributed by atoms with E-state index < -0.39 is 0 Å². The Hall–Kier alpha value is -3.42. The summed E-state index contributed by atoms with van der Waals surface area (Å²) in [4.78, 5) is 24.1. The number of carbonyl (C=O) groups is 1. The molecule has 1 unspecified atom stereocenters. The zero-order valence-electron chi connectivity index (χ0n) is 16.4. The SMILES string of the molecule is CC(NC(=O)c1nc2cc(C(=N)c3ccncc3)c(N)cc2[nH]1)c1cc(Cl)cc(Cl)c1. The van der Waals surface area contributed by atoms with Crippen molar-refractivity contribution < 1.29 is 4.79 Å². The predicted molar refractivity (Wildman–Crippen MR) is 123 cm³/mol. The number of imidazole rings is 1. The van der Waals surface area contributed by atoms with Crippen LogP contribution in [0.3, 0.4) is 0 Å². The number of aromatic amines is 1. The molecule has 2 heterocycles. The Labute approximate surface area is 188 Å². The van der Waals surface area contributed by atoms with Gasteiger partial charge in [0.25, 0.3) is 5.91 Å². The Morgan fingerprint density at radius 3 is 2.48 bits per heavy atom. The highest BCUT2D eigenvalue weighted by atomic mass is 35.5. The van der Waals surface area contributed by atoms with Gasteiger partial charge in [0.15, 0.2) is 5.82 Å². The molecule has 2 aromatic carbocycles. The highest BCUT2D eigenvalue weighted by Crippen LogP contribution is 2.25. The molecule has 0 aliphatic heterocycles. The van der Waals surface area contributed by atoms with E-state index in [2.05, 4.69) is 20.3 Å². The largest absolute Gasteiger partial charge is 0.398 e. The number of anilines is 1. The number of hydrogen-bond acceptors (Lipinski definition) is 5. The second-order valence-electron chi connectivity index (χ2n) is 7.05. The summed E-state index contributed by atoms with van der Waals surface area (Å²) in [5.74, 6) is -0.244. The second kappa shape index (κ2) is 8.37. The summed E-state index contributed by atoms with van der Waals surface area (Å²) in [6.07, 6.45) is 3.23. The van der Waals surface area contributed by atoms with E-state index in [9.17, 15) is 4.79 Å². The molecule has 5 N–H and O–H groups in total. The summed E-state index contributed by atoms with van der Waals surface area (Å²) in [6, 6.07) is 11.6. The van der Waals surface area contributed by atoms with Crippen LogP contribution in [0.15, 0.2) is 54.9 Å². The summed E-state index contributed by atoms with van der Waals surface area (Å²) < 4.78 is 0. The number of aromatic nitrogens is 3. The number of pyridine rings is 1. The van der Waals surface area contributed by atoms with Gasteiger partial charge in [0.1, 0.15) is 0 Å². The summed E-state index contributed by atoms with van der Waals surface area (Å²) in [5.41, 5.74) is 9.95. The normalized spacial score (nSPS) is 12.0. The molecule has 0 aliphatic carbocycles. The molecule has 7 nitrogen and oxygen atoms in total. The second-order valence-corrected chi connectivity index (χ2v) is 7.92. The van der Waals surface area contributed by atoms with Crippen LogP contribution in [-0.4, -0.2) is 26.6 Å². The number of nitrogens with one attached hydrogen (secondary N) is 3. The Balaban J connectivity index is 1.60. The van der Waals surface area contributed by atoms with Crippen LogP contribution in [0.4, 0.5) is 5.69 Å². The molecule has 156 valence electrons. The average molecular weight is 453 g/mol. The van der Waals surface area contributed by atoms with Gasteiger partial charge in [0.2, 0.25) is 0 Å². The number of halogens is 2. The number of nitrogen functional groups attached to an aromatic ring is 1. The minimum Gasteiger partial charge on any atom is -0.398 e. The van der Waals surface area contributed by atoms with Crippen molar-refractivity contribution in [3.8, 4) is 0 Å². The van der Waals surface area contributed by atoms with Crippen molar-refractivity contribution in [2.45, 2.75) is 13.0 Å². The zero-order chi connectivity index (χ0) is 22.1. The smallest absolute Gasteiger partial charge is 0.287 e. The van der Waals surface area contributed by atoms with Crippen molar-refractivity contribution in [2.75, 3.05) is 5.73 Å². The number of benzene rings is 2. The fraction of sp³-hybridized carbons (Fsp3) is 0.0909. The topological polar surface area (TPSA) is 121 Å². The monoisotopic (exact) mass is 452 g/mol. The molecule has 0 spiro atoms. The molecule has 0 bridgehead atoms. The molecule has 0 aliphatic rings. The molecule has 0 saturated carbocycles. The zero-order valence-corrected chi connectivity index (χ0v) is 17.9. The van der Waals surface area contributed by atoms with E-state index in [-0.39, 0.29) is 23.5 Å². The van der Waals surface area contributed by atoms with Crippen molar-refractivity contribution in [3.63, 3.8) is 0 Å². The molecule has 9 heteroatoms. The van der Waals surface area contributed by atoms with Crippen LogP contribution in [0.2, 0.25) is 10.0 Å². The Morgan fingerprint density at radius 2 is 1.81 bits per heavy atom. The van der Waals surface area contributed by atoms with Gasteiger partial charge in [-0.3, -0.25) is 15.2 Å². The standard InChI is InChI=1S/C22H18Cl2N6O/c1-11(13-6-14(23)8-15(24)7-13)28-22(31)21-29-18-9-16(17(25)10-19(18)30-21)20(26)12-2-4-27-5-3-12/h2-11,26H,25H2,1H3,(H,28,31)(H,29,30). The summed E-state index contributed by atoms with van der Waals surface area (Å²) in [5, 5.41) is 12.3. The van der Waals surface area contributed by atoms with Gasteiger partial charge in [0, 0.05) is 39.3 Å². The molecule has 31 heavy (non-hydrogen) atoms. The maximum Gasteiger partial charge on any atom is 0.287 e. The van der Waals surface area contributed by atoms with Gasteiger partial charge in [-0.1, -0.05) is 23.2 Å². The van der Waals surface area contributed by atoms with E-state index >= 15 is 0 Å². The molecular weight excluding hydrogens is 435 g/mol. The number of H-pyrrole nitrogens is 1. The number of amides is 1. The quantitative estimate of drug-likeness (QED) is 0.257. The predicted octanol–water partition coefficient (Wildman–Crippen LogP) is 4.75. The highest BCUT2D eigenvalue weighted by molar-refractivity contribution is 6.34. The third-order valence-electron chi connectivity index (χ3n) is 4.84. The molecule has 0 radical (unpaired) electrons. The number of rotatable bonds is 5. The third kappa shape index (κ3) is 4.38. The van der Waals surface area contributed by atoms with Crippen LogP contribution < -0.4 is 11.1 Å². The van der Waals surface area contributed by atoms with E-state index in [0.29, 0.717) is 37.9 Å². The third-order valence-corrected chi connectivity index (χ3v) is 5.28. The van der Waals surface area contributed by atoms with Crippen LogP contribution >= 0.6 is 23.2 Å². The molecule has 0 saturated heterocycles. The van der Waals surface area contributed by atoms with E-state index in [0.717, 1.165) is 5.56 Å². The first kappa shape index (κ1) is 20.8. The van der Waals surface area contributed by atoms with Crippen molar-refractivity contribution in [1.82, 2.24) is 20.3 Å². The Morgan fingerprint density at radius 1 is 1.13 bits per heavy atom. The number of nitrogens with zero attached hydrogens (tertiary/aromatic N) is 2. The number of nitrogens with two attached hydrogens (primary N) is 1. The number of hydrogen-bond donors (Lipinski definition) is 4. The van der Waals surface area contributed by atoms with Gasteiger partial charge in [-0.15, -0.1) is 0 Å². The molecule has 1 amide bonds. The molecule has 4 rings (SSSR count). The maximum absolute atomic E-state index is 12.7. The number of fused-ring (bicyclic) bond motifs is 1. The lowest BCUT2D eigenvalue weighted by Crippen LogP contribution is -2.27. The van der Waals surface area contributed by atoms with E-state index in [1.54, 1.807) is 54.9 Å². The molecule has 0 fully saturated rings. The lowest BCUT2D eigenvalue weighted by molar-refractivity contribution is 0.0930. The first-order chi connectivity index (χ1) is 14.8. The molecule has 2 aromatic heterocycles. The van der Waals surface area contributed by atoms with Crippen LogP contribution in [0.1, 0.15) is 40.3 Å². The van der Waals surface area contributed by atoms with Crippen LogP contribution in [-0.2, 0) is 0 Å². The summed E-state index contributed by atoms with van der Waals surface area (Å²) in [6.45, 7) is 1.83. The van der Waals surface area contributed by atoms with Gasteiger partial charge in [-0.25, -0.2) is 4.98 Å². The lowest BCUT2D eigenvalue weighted by atomic mass is 10.0. The Bertz CT molecular complexity index is 1280. The maximum atomic E-state index is 12.7. The van der Waals surface area contributed by atoms with Gasteiger partial charge in [0.05, 0.1) is 22.8 Å². The van der Waals surface area contributed by atoms with Crippen molar-refractivity contribution in [3.05, 3.63) is 87.4 Å². The summed E-state index contributed by atoms with van der Waals surface area (Å²) >= 11 is 12.1. The van der Waals surface area contributed by atoms with Gasteiger partial charge in [-0.05, 0) is 55.0 Å². The minimum absolute atomic E-state index is 0.141. The van der Waals surface area contributed by atoms with Crippen molar-refractivity contribution >= 4 is 51.5 Å².